The Balaban J connectivity index is 5.35. The summed E-state index contributed by atoms with van der Waals surface area (Å²) in [6, 6.07) is -2.25. The van der Waals surface area contributed by atoms with E-state index in [-0.39, 0.29) is 0 Å². The van der Waals surface area contributed by atoms with Crippen molar-refractivity contribution in [3.8, 4) is 0 Å². The van der Waals surface area contributed by atoms with Crippen LogP contribution in [0.2, 0.25) is 72.5 Å². The molecular weight excluding hydrogens is 908 g/mol. The maximum absolute atomic E-state index is 7.27. The van der Waals surface area contributed by atoms with Crippen LogP contribution in [0.15, 0.2) is 0 Å². The lowest BCUT2D eigenvalue weighted by Crippen LogP contribution is -2.36. The van der Waals surface area contributed by atoms with Gasteiger partial charge in [-0.2, -0.15) is 11.1 Å². The van der Waals surface area contributed by atoms with Crippen molar-refractivity contribution in [1.82, 2.24) is 0 Å². The molecule has 0 saturated heterocycles. The van der Waals surface area contributed by atoms with E-state index in [1.165, 1.54) is 0 Å². The van der Waals surface area contributed by atoms with E-state index < -0.39 is 45.5 Å². The molecule has 0 aromatic carbocycles. The molecule has 0 aromatic heterocycles. The zero-order chi connectivity index (χ0) is 28.0. The zero-order valence-corrected chi connectivity index (χ0v) is 37.1. The lowest BCUT2D eigenvalue weighted by atomic mass is 10.9. The molecule has 0 nitrogen and oxygen atoms in total. The smallest absolute Gasteiger partial charge is 0.167 e. The van der Waals surface area contributed by atoms with Crippen LogP contribution in [0.4, 0.5) is 0 Å². The van der Waals surface area contributed by atoms with Crippen molar-refractivity contribution in [3.63, 3.8) is 0 Å². The molecule has 0 amide bonds. The van der Waals surface area contributed by atoms with E-state index in [2.05, 4.69) is 0 Å². The van der Waals surface area contributed by atoms with Gasteiger partial charge in [-0.3, -0.25) is 0 Å². The van der Waals surface area contributed by atoms with Crippen molar-refractivity contribution in [1.29, 1.82) is 0 Å². The molecule has 0 spiro atoms. The summed E-state index contributed by atoms with van der Waals surface area (Å²) in [6.45, 7) is -8.04. The Bertz CT molecular complexity index is 548. The van der Waals surface area contributed by atoms with E-state index >= 15 is 0 Å². The Morgan fingerprint density at radius 3 is 0.571 bits per heavy atom. The Labute approximate surface area is 291 Å². The van der Waals surface area contributed by atoms with Crippen LogP contribution in [0, 0.1) is 0 Å². The van der Waals surface area contributed by atoms with Gasteiger partial charge in [-0.15, -0.1) is 166 Å². The van der Waals surface area contributed by atoms with E-state index in [0.29, 0.717) is 72.5 Å². The van der Waals surface area contributed by atoms with E-state index in [4.69, 9.17) is 177 Å². The summed E-state index contributed by atoms with van der Waals surface area (Å²) in [5.74, 6) is 0. The van der Waals surface area contributed by atoms with Crippen molar-refractivity contribution in [2.75, 3.05) is 0 Å². The molecular formula is C12H24Cl16Si7. The first-order valence-electron chi connectivity index (χ1n) is 10.3. The van der Waals surface area contributed by atoms with Crippen molar-refractivity contribution in [2.24, 2.45) is 0 Å². The third kappa shape index (κ3) is 25.2. The zero-order valence-electron chi connectivity index (χ0n) is 18.0. The molecule has 0 saturated carbocycles. The van der Waals surface area contributed by atoms with Crippen molar-refractivity contribution >= 4 is 223 Å². The van der Waals surface area contributed by atoms with Crippen LogP contribution in [0.3, 0.4) is 0 Å². The average Bonchev–Trinajstić information content (AvgIpc) is 2.64. The Hall–Kier alpha value is 6.16. The van der Waals surface area contributed by atoms with Crippen LogP contribution in [0.1, 0.15) is 0 Å². The normalized spacial score (nSPS) is 15.1. The van der Waals surface area contributed by atoms with Gasteiger partial charge in [-0.05, 0) is 72.5 Å². The maximum Gasteiger partial charge on any atom is 0.341 e. The minimum Gasteiger partial charge on any atom is -0.167 e. The molecule has 23 heteroatoms. The van der Waals surface area contributed by atoms with E-state index in [1.807, 2.05) is 0 Å². The van der Waals surface area contributed by atoms with Gasteiger partial charge in [0.25, 0.3) is 20.1 Å². The fourth-order valence-corrected chi connectivity index (χ4v) is 42.4. The van der Waals surface area contributed by atoms with Gasteiger partial charge >= 0.3 is 18.0 Å². The molecule has 0 rings (SSSR count). The topological polar surface area (TPSA) is 0 Å². The lowest BCUT2D eigenvalue weighted by molar-refractivity contribution is 1.16. The Kier molecular flexibility index (Phi) is 20.0. The summed E-state index contributed by atoms with van der Waals surface area (Å²) < 4.78 is 0. The van der Waals surface area contributed by atoms with Crippen LogP contribution in [0.5, 0.6) is 0 Å². The second-order valence-electron chi connectivity index (χ2n) is 8.56. The van der Waals surface area contributed by atoms with Gasteiger partial charge in [0.05, 0.1) is 0 Å². The van der Waals surface area contributed by atoms with Gasteiger partial charge in [0.15, 0.2) is 7.38 Å². The Morgan fingerprint density at radius 1 is 0.229 bits per heavy atom. The largest absolute Gasteiger partial charge is 0.341 e. The van der Waals surface area contributed by atoms with Gasteiger partial charge in [0, 0.05) is 0 Å². The molecule has 0 fully saturated rings. The van der Waals surface area contributed by atoms with Gasteiger partial charge in [0.2, 0.25) is 0 Å². The van der Waals surface area contributed by atoms with Crippen LogP contribution in [-0.2, 0) is 0 Å². The molecule has 0 unspecified atom stereocenters. The van der Waals surface area contributed by atoms with E-state index in [1.54, 1.807) is 0 Å². The molecule has 0 aliphatic heterocycles. The van der Waals surface area contributed by atoms with Gasteiger partial charge in [0.1, 0.15) is 0 Å². The van der Waals surface area contributed by atoms with Crippen LogP contribution >= 0.6 is 177 Å². The second kappa shape index (κ2) is 17.0. The molecule has 212 valence electrons. The van der Waals surface area contributed by atoms with Crippen molar-refractivity contribution < 1.29 is 0 Å². The first-order chi connectivity index (χ1) is 15.2. The van der Waals surface area contributed by atoms with Crippen LogP contribution in [0.25, 0.3) is 0 Å². The summed E-state index contributed by atoms with van der Waals surface area (Å²) in [4.78, 5) is 0. The molecule has 0 atom stereocenters. The first-order valence-corrected chi connectivity index (χ1v) is 42.9. The van der Waals surface area contributed by atoms with Gasteiger partial charge < -0.3 is 0 Å². The second-order valence-corrected chi connectivity index (χ2v) is 65.5. The first kappa shape index (κ1) is 41.2. The number of rotatable bonds is 18. The van der Waals surface area contributed by atoms with Crippen molar-refractivity contribution in [2.45, 2.75) is 72.5 Å². The third-order valence-corrected chi connectivity index (χ3v) is 33.5. The molecule has 0 aliphatic carbocycles. The summed E-state index contributed by atoms with van der Waals surface area (Å²) >= 11 is 101. The van der Waals surface area contributed by atoms with Crippen LogP contribution in [-0.4, -0.2) is 45.5 Å². The number of hydrogen-bond acceptors (Lipinski definition) is 0. The fourth-order valence-electron chi connectivity index (χ4n) is 2.94. The highest BCUT2D eigenvalue weighted by Crippen LogP contribution is 2.45. The predicted molar refractivity (Wildman–Crippen MR) is 192 cm³/mol. The summed E-state index contributed by atoms with van der Waals surface area (Å²) in [5.41, 5.74) is 0. The fraction of sp³-hybridized carbons (Fsp3) is 1.00. The molecule has 35 heavy (non-hydrogen) atoms. The SMILES string of the molecule is Cl[Si](Cl)(Cl)CC[Si](Cl)(Cl)CC[Si](Cl)(CC[Si](Cl)(Cl)CC[Si](Cl)(Cl)Cl)CC[Si](Cl)(Cl)CC[Si](Cl)(Cl)Cl. The van der Waals surface area contributed by atoms with E-state index in [9.17, 15) is 0 Å². The monoisotopic (exact) mass is 924 g/mol. The number of hydrogen-bond donors (Lipinski definition) is 0. The van der Waals surface area contributed by atoms with Gasteiger partial charge in [-0.1, -0.05) is 0 Å². The van der Waals surface area contributed by atoms with Crippen molar-refractivity contribution in [3.05, 3.63) is 0 Å². The van der Waals surface area contributed by atoms with Gasteiger partial charge in [-0.25, -0.2) is 0 Å². The molecule has 0 radical (unpaired) electrons. The maximum atomic E-state index is 7.27. The highest BCUT2D eigenvalue weighted by atomic mass is 35.9. The highest BCUT2D eigenvalue weighted by molar-refractivity contribution is 7.66. The summed E-state index contributed by atoms with van der Waals surface area (Å²) in [5, 5.41) is 0. The van der Waals surface area contributed by atoms with E-state index in [0.717, 1.165) is 0 Å². The summed E-state index contributed by atoms with van der Waals surface area (Å²) in [7, 11) is -2.50. The average molecular weight is 932 g/mol. The summed E-state index contributed by atoms with van der Waals surface area (Å²) in [6.07, 6.45) is 0. The molecule has 0 bridgehead atoms. The third-order valence-electron chi connectivity index (χ3n) is 5.14. The molecule has 0 aliphatic rings. The molecule has 0 aromatic rings. The number of halogens is 16. The molecule has 0 N–H and O–H groups in total. The quantitative estimate of drug-likeness (QED) is 0.0949. The Morgan fingerprint density at radius 2 is 0.400 bits per heavy atom. The molecule has 0 heterocycles. The minimum absolute atomic E-state index is 0.397. The predicted octanol–water partition coefficient (Wildman–Crippen LogP) is 13.9. The lowest BCUT2D eigenvalue weighted by Gasteiger charge is -2.31. The minimum atomic E-state index is -2.83. The highest BCUT2D eigenvalue weighted by Gasteiger charge is 2.44. The van der Waals surface area contributed by atoms with Crippen LogP contribution < -0.4 is 0 Å². The standard InChI is InChI=1S/C12H24Cl16Si7/c13-29(1-4-30(14,15)7-10-33(20,21)22,2-5-31(16,17)8-11-34(23,24)25)3-6-32(18,19)9-12-35(26,27)28/h1-12H2.